The fourth-order valence-electron chi connectivity index (χ4n) is 3.11. The largest absolute Gasteiger partial charge is 0.489 e. The van der Waals surface area contributed by atoms with Crippen LogP contribution in [-0.2, 0) is 6.54 Å². The molecule has 4 nitrogen and oxygen atoms in total. The third-order valence-corrected chi connectivity index (χ3v) is 4.21. The number of hydrogen-bond acceptors (Lipinski definition) is 2. The molecule has 3 rings (SSSR count). The molecule has 28 heavy (non-hydrogen) atoms. The number of benzene rings is 2. The molecule has 2 aromatic carbocycles. The summed E-state index contributed by atoms with van der Waals surface area (Å²) in [4.78, 5) is 13.0. The topological polar surface area (TPSA) is 43.3 Å². The third kappa shape index (κ3) is 4.42. The van der Waals surface area contributed by atoms with Gasteiger partial charge in [0, 0.05) is 17.5 Å². The van der Waals surface area contributed by atoms with Gasteiger partial charge in [0.05, 0.1) is 5.52 Å². The van der Waals surface area contributed by atoms with Crippen LogP contribution in [0.15, 0.2) is 61.2 Å². The van der Waals surface area contributed by atoms with E-state index in [0.29, 0.717) is 24.6 Å². The highest BCUT2D eigenvalue weighted by atomic mass is 19.1. The Morgan fingerprint density at radius 2 is 1.96 bits per heavy atom. The molecular formula is C23H25FN2O2. The first-order valence-corrected chi connectivity index (χ1v) is 9.21. The summed E-state index contributed by atoms with van der Waals surface area (Å²) in [5.41, 5.74) is 1.76. The number of ether oxygens (including phenoxy) is 1. The summed E-state index contributed by atoms with van der Waals surface area (Å²) in [7, 11) is 0. The van der Waals surface area contributed by atoms with Gasteiger partial charge in [-0.2, -0.15) is 0 Å². The van der Waals surface area contributed by atoms with Gasteiger partial charge in [-0.15, -0.1) is 0 Å². The van der Waals surface area contributed by atoms with Crippen molar-refractivity contribution in [3.8, 4) is 5.75 Å². The third-order valence-electron chi connectivity index (χ3n) is 4.21. The lowest BCUT2D eigenvalue weighted by Crippen LogP contribution is -2.41. The Balaban J connectivity index is 2.12. The molecule has 0 atom stereocenters. The number of carbonyl (C=O) groups excluding carboxylic acids is 1. The van der Waals surface area contributed by atoms with E-state index in [1.54, 1.807) is 12.1 Å². The Labute approximate surface area is 164 Å². The van der Waals surface area contributed by atoms with Crippen LogP contribution in [0.25, 0.3) is 10.9 Å². The minimum absolute atomic E-state index is 0.185. The molecule has 1 aromatic heterocycles. The molecule has 1 amide bonds. The quantitative estimate of drug-likeness (QED) is 0.617. The van der Waals surface area contributed by atoms with Crippen LogP contribution in [-0.4, -0.2) is 22.6 Å². The molecule has 0 aliphatic heterocycles. The van der Waals surface area contributed by atoms with Crippen LogP contribution >= 0.6 is 0 Å². The second-order valence-corrected chi connectivity index (χ2v) is 7.74. The Hall–Kier alpha value is -3.08. The normalized spacial score (nSPS) is 11.4. The summed E-state index contributed by atoms with van der Waals surface area (Å²) in [6, 6.07) is 13.9. The molecule has 5 heteroatoms. The Morgan fingerprint density at radius 1 is 1.21 bits per heavy atom. The SMILES string of the molecule is C=CCOc1cccc2c1cc(C(=O)NC(C)(C)C)n2Cc1cccc(F)c1. The average molecular weight is 380 g/mol. The standard InChI is InChI=1S/C23H25FN2O2/c1-5-12-28-21-11-7-10-19-18(21)14-20(22(27)25-23(2,3)4)26(19)15-16-8-6-9-17(24)13-16/h5-11,13-14H,1,12,15H2,2-4H3,(H,25,27). The number of carbonyl (C=O) groups is 1. The van der Waals surface area contributed by atoms with Gasteiger partial charge in [-0.1, -0.05) is 30.9 Å². The van der Waals surface area contributed by atoms with E-state index in [1.807, 2.05) is 55.7 Å². The summed E-state index contributed by atoms with van der Waals surface area (Å²) in [5.74, 6) is 0.194. The van der Waals surface area contributed by atoms with E-state index >= 15 is 0 Å². The molecule has 146 valence electrons. The highest BCUT2D eigenvalue weighted by molar-refractivity contribution is 6.00. The molecule has 0 radical (unpaired) electrons. The first-order valence-electron chi connectivity index (χ1n) is 9.21. The van der Waals surface area contributed by atoms with Crippen LogP contribution in [0.3, 0.4) is 0 Å². The highest BCUT2D eigenvalue weighted by Gasteiger charge is 2.22. The lowest BCUT2D eigenvalue weighted by molar-refractivity contribution is 0.0911. The van der Waals surface area contributed by atoms with E-state index in [-0.39, 0.29) is 17.3 Å². The van der Waals surface area contributed by atoms with Crippen LogP contribution in [0, 0.1) is 5.82 Å². The van der Waals surface area contributed by atoms with Crippen molar-refractivity contribution in [1.82, 2.24) is 9.88 Å². The predicted molar refractivity (Wildman–Crippen MR) is 110 cm³/mol. The number of fused-ring (bicyclic) bond motifs is 1. The summed E-state index contributed by atoms with van der Waals surface area (Å²) < 4.78 is 21.3. The minimum Gasteiger partial charge on any atom is -0.489 e. The average Bonchev–Trinajstić information content (AvgIpc) is 2.98. The smallest absolute Gasteiger partial charge is 0.268 e. The molecule has 0 bridgehead atoms. The van der Waals surface area contributed by atoms with Crippen LogP contribution in [0.5, 0.6) is 5.75 Å². The zero-order valence-electron chi connectivity index (χ0n) is 16.5. The molecule has 0 spiro atoms. The lowest BCUT2D eigenvalue weighted by atomic mass is 10.1. The number of amides is 1. The molecule has 0 saturated carbocycles. The summed E-state index contributed by atoms with van der Waals surface area (Å²) in [6.45, 7) is 10.2. The Kier molecular flexibility index (Phi) is 5.54. The monoisotopic (exact) mass is 380 g/mol. The van der Waals surface area contributed by atoms with Gasteiger partial charge in [-0.05, 0) is 56.7 Å². The number of halogens is 1. The van der Waals surface area contributed by atoms with Crippen molar-refractivity contribution >= 4 is 16.8 Å². The number of aromatic nitrogens is 1. The van der Waals surface area contributed by atoms with Gasteiger partial charge in [0.2, 0.25) is 0 Å². The van der Waals surface area contributed by atoms with E-state index in [1.165, 1.54) is 12.1 Å². The summed E-state index contributed by atoms with van der Waals surface area (Å²) in [6.07, 6.45) is 1.68. The van der Waals surface area contributed by atoms with Gasteiger partial charge in [-0.3, -0.25) is 4.79 Å². The second kappa shape index (κ2) is 7.89. The Morgan fingerprint density at radius 3 is 2.64 bits per heavy atom. The zero-order chi connectivity index (χ0) is 20.3. The number of rotatable bonds is 6. The first-order chi connectivity index (χ1) is 13.3. The maximum atomic E-state index is 13.7. The molecule has 0 aliphatic carbocycles. The molecular weight excluding hydrogens is 355 g/mol. The van der Waals surface area contributed by atoms with Gasteiger partial charge < -0.3 is 14.6 Å². The van der Waals surface area contributed by atoms with Crippen LogP contribution < -0.4 is 10.1 Å². The van der Waals surface area contributed by atoms with Crippen LogP contribution in [0.4, 0.5) is 4.39 Å². The zero-order valence-corrected chi connectivity index (χ0v) is 16.5. The van der Waals surface area contributed by atoms with E-state index in [9.17, 15) is 9.18 Å². The molecule has 1 N–H and O–H groups in total. The maximum Gasteiger partial charge on any atom is 0.268 e. The van der Waals surface area contributed by atoms with Crippen molar-refractivity contribution in [2.75, 3.05) is 6.61 Å². The molecule has 0 fully saturated rings. The van der Waals surface area contributed by atoms with Gasteiger partial charge in [0.15, 0.2) is 0 Å². The van der Waals surface area contributed by atoms with E-state index in [2.05, 4.69) is 11.9 Å². The van der Waals surface area contributed by atoms with Crippen molar-refractivity contribution in [3.63, 3.8) is 0 Å². The minimum atomic E-state index is -0.376. The Bertz CT molecular complexity index is 1020. The van der Waals surface area contributed by atoms with Crippen molar-refractivity contribution < 1.29 is 13.9 Å². The lowest BCUT2D eigenvalue weighted by Gasteiger charge is -2.21. The van der Waals surface area contributed by atoms with E-state index in [0.717, 1.165) is 16.5 Å². The number of nitrogens with zero attached hydrogens (tertiary/aromatic N) is 1. The number of nitrogens with one attached hydrogen (secondary N) is 1. The predicted octanol–water partition coefficient (Wildman–Crippen LogP) is 4.92. The van der Waals surface area contributed by atoms with Gasteiger partial charge >= 0.3 is 0 Å². The first kappa shape index (κ1) is 19.7. The fourth-order valence-corrected chi connectivity index (χ4v) is 3.11. The summed E-state index contributed by atoms with van der Waals surface area (Å²) >= 11 is 0. The number of hydrogen-bond donors (Lipinski definition) is 1. The highest BCUT2D eigenvalue weighted by Crippen LogP contribution is 2.30. The molecule has 0 unspecified atom stereocenters. The second-order valence-electron chi connectivity index (χ2n) is 7.74. The van der Waals surface area contributed by atoms with Crippen LogP contribution in [0.1, 0.15) is 36.8 Å². The van der Waals surface area contributed by atoms with Gasteiger partial charge in [0.25, 0.3) is 5.91 Å². The molecule has 1 heterocycles. The van der Waals surface area contributed by atoms with E-state index in [4.69, 9.17) is 4.74 Å². The molecule has 0 aliphatic rings. The summed E-state index contributed by atoms with van der Waals surface area (Å²) in [5, 5.41) is 3.84. The fraction of sp³-hybridized carbons (Fsp3) is 0.261. The molecule has 3 aromatic rings. The van der Waals surface area contributed by atoms with Crippen molar-refractivity contribution in [2.45, 2.75) is 32.9 Å². The van der Waals surface area contributed by atoms with E-state index < -0.39 is 0 Å². The van der Waals surface area contributed by atoms with Crippen molar-refractivity contribution in [3.05, 3.63) is 78.3 Å². The van der Waals surface area contributed by atoms with Crippen molar-refractivity contribution in [2.24, 2.45) is 0 Å². The maximum absolute atomic E-state index is 13.7. The molecule has 0 saturated heterocycles. The van der Waals surface area contributed by atoms with Crippen LogP contribution in [0.2, 0.25) is 0 Å². The van der Waals surface area contributed by atoms with Crippen molar-refractivity contribution in [1.29, 1.82) is 0 Å². The van der Waals surface area contributed by atoms with Gasteiger partial charge in [-0.25, -0.2) is 4.39 Å². The van der Waals surface area contributed by atoms with Gasteiger partial charge in [0.1, 0.15) is 23.9 Å².